The second-order valence-electron chi connectivity index (χ2n) is 8.61. The molecule has 0 radical (unpaired) electrons. The van der Waals surface area contributed by atoms with E-state index in [1.54, 1.807) is 45.9 Å². The second-order valence-corrected chi connectivity index (χ2v) is 8.61. The van der Waals surface area contributed by atoms with Gasteiger partial charge in [0.1, 0.15) is 0 Å². The summed E-state index contributed by atoms with van der Waals surface area (Å²) < 4.78 is 30.6. The van der Waals surface area contributed by atoms with Gasteiger partial charge in [0.05, 0.1) is 20.0 Å². The number of cyclic esters (lactones) is 2. The third kappa shape index (κ3) is 8.37. The fraction of sp³-hybridized carbons (Fsp3) is 0.500. The normalized spacial score (nSPS) is 21.7. The maximum absolute atomic E-state index is 12.0. The van der Waals surface area contributed by atoms with Crippen LogP contribution in [-0.4, -0.2) is 59.9 Å². The molecule has 2 heterocycles. The van der Waals surface area contributed by atoms with Crippen LogP contribution in [0, 0.1) is 0 Å². The van der Waals surface area contributed by atoms with E-state index in [9.17, 15) is 19.2 Å². The molecule has 3 rings (SSSR count). The molecule has 0 bridgehead atoms. The molecular formula is C24H30O11. The molecule has 2 atom stereocenters. The number of allylic oxidation sites excluding steroid dienone is 1. The van der Waals surface area contributed by atoms with E-state index in [4.69, 9.17) is 33.5 Å². The van der Waals surface area contributed by atoms with Crippen molar-refractivity contribution in [2.75, 3.05) is 7.11 Å². The average molecular weight is 494 g/mol. The first-order valence-corrected chi connectivity index (χ1v) is 10.8. The van der Waals surface area contributed by atoms with Crippen LogP contribution >= 0.6 is 0 Å². The first-order chi connectivity index (χ1) is 16.2. The molecule has 2 fully saturated rings. The molecule has 11 nitrogen and oxygen atoms in total. The van der Waals surface area contributed by atoms with Crippen molar-refractivity contribution in [1.82, 2.24) is 0 Å². The Bertz CT molecular complexity index is 980. The Labute approximate surface area is 202 Å². The van der Waals surface area contributed by atoms with E-state index in [-0.39, 0.29) is 18.6 Å². The first kappa shape index (κ1) is 27.8. The summed E-state index contributed by atoms with van der Waals surface area (Å²) in [4.78, 5) is 44.8. The van der Waals surface area contributed by atoms with E-state index in [2.05, 4.69) is 6.58 Å². The lowest BCUT2D eigenvalue weighted by Crippen LogP contribution is -2.25. The van der Waals surface area contributed by atoms with E-state index in [0.717, 1.165) is 5.56 Å². The molecule has 1 aromatic rings. The Kier molecular flexibility index (Phi) is 9.00. The Morgan fingerprint density at radius 2 is 1.54 bits per heavy atom. The van der Waals surface area contributed by atoms with E-state index >= 15 is 0 Å². The minimum Gasteiger partial charge on any atom is -0.493 e. The van der Waals surface area contributed by atoms with Gasteiger partial charge in [-0.1, -0.05) is 12.1 Å². The summed E-state index contributed by atoms with van der Waals surface area (Å²) in [6, 6.07) is 5.23. The summed E-state index contributed by atoms with van der Waals surface area (Å²) in [5.74, 6) is -4.14. The van der Waals surface area contributed by atoms with Gasteiger partial charge in [-0.05, 0) is 24.1 Å². The Balaban J connectivity index is 0.000000303. The molecule has 2 aliphatic rings. The first-order valence-electron chi connectivity index (χ1n) is 10.8. The SMILES string of the molecule is C=CCc1ccc(OC(=O)C[C@@H]2OC(C)(C)OC2=O)c(OC)c1.CC1(C)OC(=O)[C@H](CC(=O)O)O1. The highest BCUT2D eigenvalue weighted by Crippen LogP contribution is 2.30. The van der Waals surface area contributed by atoms with E-state index in [0.29, 0.717) is 12.2 Å². The molecule has 11 heteroatoms. The van der Waals surface area contributed by atoms with Gasteiger partial charge in [-0.25, -0.2) is 9.59 Å². The number of hydrogen-bond donors (Lipinski definition) is 1. The van der Waals surface area contributed by atoms with Crippen molar-refractivity contribution in [3.05, 3.63) is 36.4 Å². The summed E-state index contributed by atoms with van der Waals surface area (Å²) in [6.45, 7) is 10.0. The highest BCUT2D eigenvalue weighted by Gasteiger charge is 2.43. The lowest BCUT2D eigenvalue weighted by Gasteiger charge is -2.15. The van der Waals surface area contributed by atoms with Crippen molar-refractivity contribution in [2.24, 2.45) is 0 Å². The number of carbonyl (C=O) groups is 4. The summed E-state index contributed by atoms with van der Waals surface area (Å²) in [6.07, 6.45) is -0.0320. The van der Waals surface area contributed by atoms with Gasteiger partial charge >= 0.3 is 23.9 Å². The average Bonchev–Trinajstić information content (AvgIpc) is 3.14. The van der Waals surface area contributed by atoms with E-state index in [1.807, 2.05) is 6.07 Å². The lowest BCUT2D eigenvalue weighted by molar-refractivity contribution is -0.163. The van der Waals surface area contributed by atoms with Crippen LogP contribution < -0.4 is 9.47 Å². The van der Waals surface area contributed by atoms with Crippen molar-refractivity contribution in [3.63, 3.8) is 0 Å². The van der Waals surface area contributed by atoms with Gasteiger partial charge in [0.2, 0.25) is 11.6 Å². The quantitative estimate of drug-likeness (QED) is 0.323. The number of carboxylic acids is 1. The number of methoxy groups -OCH3 is 1. The molecule has 0 aliphatic carbocycles. The highest BCUT2D eigenvalue weighted by atomic mass is 16.8. The molecule has 192 valence electrons. The molecule has 0 unspecified atom stereocenters. The molecule has 0 spiro atoms. The van der Waals surface area contributed by atoms with Crippen LogP contribution in [0.5, 0.6) is 11.5 Å². The van der Waals surface area contributed by atoms with Crippen molar-refractivity contribution < 1.29 is 52.7 Å². The van der Waals surface area contributed by atoms with Crippen LogP contribution in [0.4, 0.5) is 0 Å². The number of esters is 3. The molecule has 35 heavy (non-hydrogen) atoms. The van der Waals surface area contributed by atoms with Crippen LogP contribution in [0.1, 0.15) is 46.1 Å². The molecule has 0 saturated carbocycles. The van der Waals surface area contributed by atoms with E-state index < -0.39 is 47.7 Å². The Hall–Kier alpha value is -3.44. The summed E-state index contributed by atoms with van der Waals surface area (Å²) in [5.41, 5.74) is 0.987. The van der Waals surface area contributed by atoms with Crippen LogP contribution in [0.15, 0.2) is 30.9 Å². The van der Waals surface area contributed by atoms with Gasteiger partial charge in [-0.3, -0.25) is 9.59 Å². The Morgan fingerprint density at radius 1 is 1.00 bits per heavy atom. The summed E-state index contributed by atoms with van der Waals surface area (Å²) >= 11 is 0. The van der Waals surface area contributed by atoms with Gasteiger partial charge in [0, 0.05) is 27.7 Å². The molecular weight excluding hydrogens is 464 g/mol. The number of hydrogen-bond acceptors (Lipinski definition) is 10. The fourth-order valence-electron chi connectivity index (χ4n) is 3.26. The smallest absolute Gasteiger partial charge is 0.338 e. The number of benzene rings is 1. The lowest BCUT2D eigenvalue weighted by atomic mass is 10.1. The Morgan fingerprint density at radius 3 is 1.97 bits per heavy atom. The fourth-order valence-corrected chi connectivity index (χ4v) is 3.26. The van der Waals surface area contributed by atoms with E-state index in [1.165, 1.54) is 7.11 Å². The number of carbonyl (C=O) groups excluding carboxylic acids is 3. The van der Waals surface area contributed by atoms with Crippen molar-refractivity contribution in [1.29, 1.82) is 0 Å². The molecule has 0 aromatic heterocycles. The zero-order chi connectivity index (χ0) is 26.4. The molecule has 1 N–H and O–H groups in total. The van der Waals surface area contributed by atoms with Gasteiger partial charge in [0.15, 0.2) is 23.7 Å². The summed E-state index contributed by atoms with van der Waals surface area (Å²) in [7, 11) is 1.49. The predicted octanol–water partition coefficient (Wildman–Crippen LogP) is 2.54. The third-order valence-electron chi connectivity index (χ3n) is 4.61. The maximum Gasteiger partial charge on any atom is 0.338 e. The maximum atomic E-state index is 12.0. The van der Waals surface area contributed by atoms with Crippen molar-refractivity contribution in [2.45, 2.75) is 70.7 Å². The summed E-state index contributed by atoms with van der Waals surface area (Å²) in [5, 5.41) is 8.37. The largest absolute Gasteiger partial charge is 0.493 e. The molecule has 2 aliphatic heterocycles. The molecule has 1 aromatic carbocycles. The van der Waals surface area contributed by atoms with Gasteiger partial charge in [0.25, 0.3) is 0 Å². The minimum absolute atomic E-state index is 0.222. The van der Waals surface area contributed by atoms with Gasteiger partial charge in [-0.2, -0.15) is 0 Å². The zero-order valence-corrected chi connectivity index (χ0v) is 20.3. The number of rotatable bonds is 8. The molecule has 2 saturated heterocycles. The van der Waals surface area contributed by atoms with Crippen LogP contribution in [0.25, 0.3) is 0 Å². The monoisotopic (exact) mass is 494 g/mol. The van der Waals surface area contributed by atoms with Crippen molar-refractivity contribution in [3.8, 4) is 11.5 Å². The number of carboxylic acid groups (broad SMARTS) is 1. The van der Waals surface area contributed by atoms with Gasteiger partial charge < -0.3 is 33.5 Å². The van der Waals surface area contributed by atoms with Gasteiger partial charge in [-0.15, -0.1) is 6.58 Å². The number of ether oxygens (including phenoxy) is 6. The zero-order valence-electron chi connectivity index (χ0n) is 20.3. The minimum atomic E-state index is -1.07. The number of aliphatic carboxylic acids is 1. The topological polar surface area (TPSA) is 144 Å². The molecule has 0 amide bonds. The standard InChI is InChI=1S/C17H20O6.C7H10O5/c1-5-6-11-7-8-12(13(9-11)20-4)21-15(18)10-14-16(19)23-17(2,3)22-14;1-7(2)11-4(3-5(8)9)6(10)12-7/h5,7-9,14H,1,6,10H2,2-4H3;4H,3H2,1-2H3,(H,8,9)/t14-;4-/m00/s1. The second kappa shape index (κ2) is 11.3. The van der Waals surface area contributed by atoms with Crippen LogP contribution in [0.3, 0.4) is 0 Å². The van der Waals surface area contributed by atoms with Crippen LogP contribution in [-0.2, 0) is 44.5 Å². The highest BCUT2D eigenvalue weighted by molar-refractivity contribution is 5.84. The third-order valence-corrected chi connectivity index (χ3v) is 4.61. The predicted molar refractivity (Wildman–Crippen MR) is 119 cm³/mol. The van der Waals surface area contributed by atoms with Crippen molar-refractivity contribution >= 4 is 23.9 Å². The van der Waals surface area contributed by atoms with Crippen LogP contribution in [0.2, 0.25) is 0 Å².